The van der Waals surface area contributed by atoms with Crippen LogP contribution in [0.3, 0.4) is 0 Å². The zero-order valence-corrected chi connectivity index (χ0v) is 11.2. The molecule has 4 heteroatoms. The summed E-state index contributed by atoms with van der Waals surface area (Å²) in [7, 11) is -0.362. The second-order valence-electron chi connectivity index (χ2n) is 3.21. The summed E-state index contributed by atoms with van der Waals surface area (Å²) in [6.45, 7) is 9.62. The van der Waals surface area contributed by atoms with Crippen LogP contribution in [0.25, 0.3) is 0 Å². The van der Waals surface area contributed by atoms with Gasteiger partial charge >= 0.3 is 87.4 Å². The van der Waals surface area contributed by atoms with E-state index in [1.165, 1.54) is 0 Å². The van der Waals surface area contributed by atoms with E-state index in [4.69, 9.17) is 4.43 Å². The molecule has 0 fully saturated rings. The van der Waals surface area contributed by atoms with E-state index in [1.54, 1.807) is 0 Å². The summed E-state index contributed by atoms with van der Waals surface area (Å²) in [5, 5.41) is 0.788. The van der Waals surface area contributed by atoms with Crippen LogP contribution in [0.5, 0.6) is 0 Å². The quantitative estimate of drug-likeness (QED) is 0.509. The summed E-state index contributed by atoms with van der Waals surface area (Å²) in [6, 6.07) is 1.13. The average Bonchev–Trinajstić information content (AvgIpc) is 2.02. The van der Waals surface area contributed by atoms with Gasteiger partial charge in [-0.1, -0.05) is 0 Å². The molecule has 0 aliphatic heterocycles. The van der Waals surface area contributed by atoms with E-state index >= 15 is 0 Å². The molecule has 0 N–H and O–H groups in total. The van der Waals surface area contributed by atoms with Crippen molar-refractivity contribution in [2.45, 2.75) is 44.7 Å². The van der Waals surface area contributed by atoms with Gasteiger partial charge in [0.15, 0.2) is 0 Å². The van der Waals surface area contributed by atoms with Gasteiger partial charge < -0.3 is 0 Å². The molecule has 0 aromatic rings. The van der Waals surface area contributed by atoms with Crippen molar-refractivity contribution in [2.24, 2.45) is 0 Å². The van der Waals surface area contributed by atoms with Gasteiger partial charge in [0.1, 0.15) is 0 Å². The van der Waals surface area contributed by atoms with E-state index < -0.39 is 13.6 Å². The van der Waals surface area contributed by atoms with Gasteiger partial charge in [-0.15, -0.1) is 0 Å². The molecule has 0 radical (unpaired) electrons. The molecule has 0 spiro atoms. The van der Waals surface area contributed by atoms with Gasteiger partial charge in [0.2, 0.25) is 0 Å². The van der Waals surface area contributed by atoms with E-state index in [-0.39, 0.29) is 9.76 Å². The zero-order chi connectivity index (χ0) is 10.3. The summed E-state index contributed by atoms with van der Waals surface area (Å²) >= 11 is -1.13. The molecule has 0 bridgehead atoms. The molecule has 0 aliphatic carbocycles. The van der Waals surface area contributed by atoms with Crippen LogP contribution < -0.4 is 0 Å². The fourth-order valence-corrected chi connectivity index (χ4v) is 3.32. The van der Waals surface area contributed by atoms with E-state index in [9.17, 15) is 3.87 Å². The molecular formula is C9H20CoO2Si. The van der Waals surface area contributed by atoms with Crippen LogP contribution in [0.15, 0.2) is 11.1 Å². The topological polar surface area (TPSA) is 26.3 Å². The van der Waals surface area contributed by atoms with E-state index in [0.717, 1.165) is 22.3 Å². The van der Waals surface area contributed by atoms with Crippen molar-refractivity contribution in [3.05, 3.63) is 11.1 Å². The first-order chi connectivity index (χ1) is 6.04. The molecule has 0 unspecified atom stereocenters. The molecular weight excluding hydrogens is 227 g/mol. The Morgan fingerprint density at radius 2 is 2.23 bits per heavy atom. The molecule has 0 aliphatic rings. The second kappa shape index (κ2) is 7.61. The van der Waals surface area contributed by atoms with Gasteiger partial charge in [0.05, 0.1) is 0 Å². The van der Waals surface area contributed by atoms with Crippen LogP contribution in [-0.2, 0) is 21.9 Å². The molecule has 0 heterocycles. The fraction of sp³-hybridized carbons (Fsp3) is 0.778. The van der Waals surface area contributed by atoms with Gasteiger partial charge in [-0.25, -0.2) is 0 Å². The van der Waals surface area contributed by atoms with Crippen LogP contribution in [0, 0.1) is 0 Å². The van der Waals surface area contributed by atoms with Crippen molar-refractivity contribution in [2.75, 3.05) is 0 Å². The molecule has 0 amide bonds. The zero-order valence-electron chi connectivity index (χ0n) is 8.76. The number of allylic oxidation sites excluding steroid dienone is 1. The molecule has 0 aromatic heterocycles. The normalized spacial score (nSPS) is 12.8. The summed E-state index contributed by atoms with van der Waals surface area (Å²) in [5.74, 6) is 0. The van der Waals surface area contributed by atoms with E-state index in [1.807, 2.05) is 6.92 Å². The Morgan fingerprint density at radius 3 is 2.69 bits per heavy atom. The summed E-state index contributed by atoms with van der Waals surface area (Å²) in [6.07, 6.45) is 1.39. The third kappa shape index (κ3) is 8.55. The Labute approximate surface area is 87.6 Å². The number of hydrogen-bond acceptors (Lipinski definition) is 2. The van der Waals surface area contributed by atoms with Crippen molar-refractivity contribution in [1.82, 2.24) is 0 Å². The minimum absolute atomic E-state index is 0.362. The van der Waals surface area contributed by atoms with Crippen LogP contribution >= 0.6 is 0 Å². The van der Waals surface area contributed by atoms with Crippen molar-refractivity contribution in [3.8, 4) is 0 Å². The standard InChI is InChI=1S/C6H15OSi.C3H5.Co.O/c1-4-5-8-7-6(2)3;1-3-2;;/h6H,1,4-5,8H2,2-3H3;1H2,2H3;;. The molecule has 81 valence electrons. The number of hydrogen-bond donors (Lipinski definition) is 0. The van der Waals surface area contributed by atoms with Crippen LogP contribution in [0.4, 0.5) is 0 Å². The molecule has 0 atom stereocenters. The Balaban J connectivity index is 3.26. The van der Waals surface area contributed by atoms with Gasteiger partial charge in [0.25, 0.3) is 0 Å². The third-order valence-corrected chi connectivity index (χ3v) is 4.96. The average molecular weight is 247 g/mol. The van der Waals surface area contributed by atoms with Crippen molar-refractivity contribution in [3.63, 3.8) is 0 Å². The number of rotatable bonds is 7. The van der Waals surface area contributed by atoms with Gasteiger partial charge in [-0.3, -0.25) is 0 Å². The van der Waals surface area contributed by atoms with Crippen LogP contribution in [0.1, 0.15) is 27.2 Å². The summed E-state index contributed by atoms with van der Waals surface area (Å²) in [4.78, 5) is 0. The van der Waals surface area contributed by atoms with Crippen molar-refractivity contribution >= 4 is 9.76 Å². The monoisotopic (exact) mass is 247 g/mol. The SMILES string of the molecule is C=[C](C)[Co](=[O])[CH2]CC[SiH2]OC(C)C. The predicted molar refractivity (Wildman–Crippen MR) is 54.5 cm³/mol. The maximum absolute atomic E-state index is 11.3. The Bertz CT molecular complexity index is 180. The first-order valence-electron chi connectivity index (χ1n) is 4.57. The second-order valence-corrected chi connectivity index (χ2v) is 6.95. The molecule has 2 nitrogen and oxygen atoms in total. The fourth-order valence-electron chi connectivity index (χ4n) is 0.754. The third-order valence-electron chi connectivity index (χ3n) is 1.43. The summed E-state index contributed by atoms with van der Waals surface area (Å²) in [5.41, 5.74) is 0. The van der Waals surface area contributed by atoms with Crippen LogP contribution in [0.2, 0.25) is 11.4 Å². The molecule has 0 saturated heterocycles. The Hall–Kier alpha value is 0.223. The molecule has 13 heavy (non-hydrogen) atoms. The van der Waals surface area contributed by atoms with Crippen molar-refractivity contribution in [1.29, 1.82) is 0 Å². The first-order valence-corrected chi connectivity index (χ1v) is 7.83. The first kappa shape index (κ1) is 13.2. The summed E-state index contributed by atoms with van der Waals surface area (Å²) < 4.78 is 17.6. The van der Waals surface area contributed by atoms with Gasteiger partial charge in [-0.05, 0) is 0 Å². The van der Waals surface area contributed by atoms with Gasteiger partial charge in [0, 0.05) is 0 Å². The maximum atomic E-state index is 11.3. The minimum atomic E-state index is -1.13. The molecule has 0 aromatic carbocycles. The molecule has 0 rings (SSSR count). The van der Waals surface area contributed by atoms with Crippen LogP contribution in [-0.4, -0.2) is 15.9 Å². The Kier molecular flexibility index (Phi) is 7.74. The van der Waals surface area contributed by atoms with Gasteiger partial charge in [-0.2, -0.15) is 0 Å². The predicted octanol–water partition coefficient (Wildman–Crippen LogP) is 2.22. The Morgan fingerprint density at radius 1 is 1.62 bits per heavy atom. The molecule has 0 saturated carbocycles. The van der Waals surface area contributed by atoms with Crippen molar-refractivity contribution < 1.29 is 21.9 Å². The van der Waals surface area contributed by atoms with E-state index in [2.05, 4.69) is 20.4 Å². The van der Waals surface area contributed by atoms with E-state index in [0.29, 0.717) is 6.10 Å².